The molecule has 0 aliphatic carbocycles. The molecule has 4 heteroatoms. The van der Waals surface area contributed by atoms with Crippen molar-refractivity contribution in [1.82, 2.24) is 4.90 Å². The van der Waals surface area contributed by atoms with Gasteiger partial charge in [0.25, 0.3) is 0 Å². The molecule has 1 fully saturated rings. The van der Waals surface area contributed by atoms with Crippen LogP contribution < -0.4 is 0 Å². The molecular weight excluding hydrogens is 461 g/mol. The van der Waals surface area contributed by atoms with Gasteiger partial charge in [0.2, 0.25) is 0 Å². The third-order valence-corrected chi connectivity index (χ3v) is 4.56. The Morgan fingerprint density at radius 3 is 2.55 bits per heavy atom. The summed E-state index contributed by atoms with van der Waals surface area (Å²) in [7, 11) is 2.01. The molecule has 1 heterocycles. The van der Waals surface area contributed by atoms with Crippen molar-refractivity contribution in [1.29, 1.82) is 5.26 Å². The second-order valence-corrected chi connectivity index (χ2v) is 6.44. The largest absolute Gasteiger partial charge is 0.673 e. The quantitative estimate of drug-likeness (QED) is 0.548. The molecule has 1 aliphatic heterocycles. The van der Waals surface area contributed by atoms with Crippen LogP contribution in [0, 0.1) is 66.7 Å². The second-order valence-electron chi connectivity index (χ2n) is 6.44. The molecule has 0 saturated carbocycles. The summed E-state index contributed by atoms with van der Waals surface area (Å²) in [6, 6.07) is 2.33. The Labute approximate surface area is 160 Å². The summed E-state index contributed by atoms with van der Waals surface area (Å²) < 4.78 is 0. The van der Waals surface area contributed by atoms with Crippen LogP contribution in [0.2, 0.25) is 0 Å². The van der Waals surface area contributed by atoms with Gasteiger partial charge in [-0.2, -0.15) is 5.26 Å². The first-order valence-electron chi connectivity index (χ1n) is 7.34. The topological polar surface area (TPSA) is 50.8 Å². The second kappa shape index (κ2) is 8.90. The van der Waals surface area contributed by atoms with Crippen molar-refractivity contribution in [3.05, 3.63) is 17.9 Å². The number of hydrogen-bond donors (Lipinski definition) is 0. The van der Waals surface area contributed by atoms with Crippen LogP contribution in [0.5, 0.6) is 0 Å². The Morgan fingerprint density at radius 2 is 2.10 bits per heavy atom. The smallest absolute Gasteiger partial charge is 0.0983 e. The van der Waals surface area contributed by atoms with Crippen LogP contribution in [0.25, 0.3) is 5.73 Å². The van der Waals surface area contributed by atoms with E-state index in [0.717, 1.165) is 19.3 Å². The third kappa shape index (κ3) is 4.54. The minimum atomic E-state index is -0.156. The molecule has 0 aromatic heterocycles. The summed E-state index contributed by atoms with van der Waals surface area (Å²) in [5, 5.41) is 9.25. The average Bonchev–Trinajstić information content (AvgIpc) is 2.65. The van der Waals surface area contributed by atoms with Crippen LogP contribution in [0.4, 0.5) is 0 Å². The van der Waals surface area contributed by atoms with Crippen LogP contribution in [-0.2, 0) is 0 Å². The summed E-state index contributed by atoms with van der Waals surface area (Å²) in [6.45, 7) is 8.57. The fourth-order valence-electron chi connectivity index (χ4n) is 3.40. The van der Waals surface area contributed by atoms with Gasteiger partial charge in [0.05, 0.1) is 12.1 Å². The van der Waals surface area contributed by atoms with Crippen LogP contribution in [0.15, 0.2) is 12.2 Å². The van der Waals surface area contributed by atoms with Gasteiger partial charge in [-0.25, -0.2) is 0 Å². The van der Waals surface area contributed by atoms with Crippen molar-refractivity contribution in [3.8, 4) is 6.07 Å². The van der Waals surface area contributed by atoms with E-state index in [1.165, 1.54) is 0 Å². The standard InChI is InChI=1S/C16H28N3.Ac/c1-6-8-12-10-13(11-17)19(5)14(12)15(18)16(3,4)9-7-2;/h6,8,12-15,18H,7,9-10H2,1-5H3;/q-1;/b8-6-;/t12-,13-,14-,15-;/m1./s1. The molecule has 20 heavy (non-hydrogen) atoms. The fraction of sp³-hybridized carbons (Fsp3) is 0.812. The minimum absolute atomic E-state index is 0. The Bertz CT molecular complexity index is 359. The number of nitrogens with zero attached hydrogens (tertiary/aromatic N) is 2. The molecule has 0 spiro atoms. The number of allylic oxidation sites excluding steroid dienone is 1. The first-order chi connectivity index (χ1) is 8.88. The van der Waals surface area contributed by atoms with E-state index in [9.17, 15) is 5.26 Å². The zero-order chi connectivity index (χ0) is 14.6. The monoisotopic (exact) mass is 489 g/mol. The molecular formula is C16H28AcN3-. The van der Waals surface area contributed by atoms with E-state index in [1.807, 2.05) is 14.0 Å². The minimum Gasteiger partial charge on any atom is -0.673 e. The molecule has 0 bridgehead atoms. The number of likely N-dealkylation sites (tertiary alicyclic amines) is 1. The van der Waals surface area contributed by atoms with Crippen LogP contribution >= 0.6 is 0 Å². The van der Waals surface area contributed by atoms with Gasteiger partial charge in [0, 0.05) is 50.1 Å². The van der Waals surface area contributed by atoms with Crippen LogP contribution in [-0.4, -0.2) is 30.1 Å². The molecule has 0 unspecified atom stereocenters. The number of likely N-dealkylation sites (N-methyl/N-ethyl adjacent to an activating group) is 1. The third-order valence-electron chi connectivity index (χ3n) is 4.56. The summed E-state index contributed by atoms with van der Waals surface area (Å²) in [4.78, 5) is 2.12. The molecule has 0 aromatic carbocycles. The van der Waals surface area contributed by atoms with Crippen LogP contribution in [0.3, 0.4) is 0 Å². The predicted octanol–water partition coefficient (Wildman–Crippen LogP) is 4.02. The van der Waals surface area contributed by atoms with E-state index >= 15 is 0 Å². The summed E-state index contributed by atoms with van der Waals surface area (Å²) in [6.07, 6.45) is 7.27. The zero-order valence-corrected chi connectivity index (χ0v) is 18.3. The molecule has 1 rings (SSSR count). The maximum atomic E-state index is 9.25. The summed E-state index contributed by atoms with van der Waals surface area (Å²) in [5.41, 5.74) is 8.69. The van der Waals surface area contributed by atoms with Crippen LogP contribution in [0.1, 0.15) is 47.0 Å². The molecule has 1 aliphatic rings. The predicted molar refractivity (Wildman–Crippen MR) is 80.7 cm³/mol. The Hall–Kier alpha value is 0.592. The van der Waals surface area contributed by atoms with Crippen molar-refractivity contribution < 1.29 is 44.1 Å². The molecule has 3 nitrogen and oxygen atoms in total. The Kier molecular flexibility index (Phi) is 9.16. The molecule has 4 atom stereocenters. The number of nitriles is 1. The number of nitrogens with one attached hydrogen (secondary N) is 1. The van der Waals surface area contributed by atoms with Gasteiger partial charge in [-0.3, -0.25) is 4.90 Å². The first kappa shape index (κ1) is 20.6. The Morgan fingerprint density at radius 1 is 1.50 bits per heavy atom. The molecule has 1 saturated heterocycles. The van der Waals surface area contributed by atoms with Gasteiger partial charge in [-0.15, -0.1) is 6.04 Å². The zero-order valence-electron chi connectivity index (χ0n) is 13.6. The Balaban J connectivity index is 0.00000361. The summed E-state index contributed by atoms with van der Waals surface area (Å²) in [5.74, 6) is 0.332. The molecule has 1 radical (unpaired) electrons. The maximum Gasteiger partial charge on any atom is 0.0983 e. The summed E-state index contributed by atoms with van der Waals surface area (Å²) >= 11 is 0. The van der Waals surface area contributed by atoms with Crippen molar-refractivity contribution >= 4 is 0 Å². The number of rotatable bonds is 5. The van der Waals surface area contributed by atoms with Gasteiger partial charge in [0.15, 0.2) is 0 Å². The van der Waals surface area contributed by atoms with Crippen molar-refractivity contribution in [2.45, 2.75) is 65.1 Å². The van der Waals surface area contributed by atoms with E-state index in [1.54, 1.807) is 0 Å². The molecule has 111 valence electrons. The van der Waals surface area contributed by atoms with Crippen molar-refractivity contribution in [2.24, 2.45) is 11.3 Å². The normalized spacial score (nSPS) is 29.1. The maximum absolute atomic E-state index is 9.25. The fourth-order valence-corrected chi connectivity index (χ4v) is 3.40. The van der Waals surface area contributed by atoms with Crippen molar-refractivity contribution in [2.75, 3.05) is 7.05 Å². The van der Waals surface area contributed by atoms with Gasteiger partial charge in [-0.05, 0) is 32.7 Å². The van der Waals surface area contributed by atoms with E-state index in [2.05, 4.69) is 43.9 Å². The molecule has 0 amide bonds. The van der Waals surface area contributed by atoms with Gasteiger partial charge in [-0.1, -0.05) is 44.8 Å². The first-order valence-corrected chi connectivity index (χ1v) is 7.34. The van der Waals surface area contributed by atoms with E-state index in [-0.39, 0.29) is 67.6 Å². The molecule has 0 aromatic rings. The number of hydrogen-bond acceptors (Lipinski definition) is 2. The van der Waals surface area contributed by atoms with Gasteiger partial charge >= 0.3 is 0 Å². The SMILES string of the molecule is C/C=C\[C@@H]1C[C@H](C#N)N(C)[C@H]1[C@@H]([NH-])C(C)(C)CCC.[Ac]. The van der Waals surface area contributed by atoms with E-state index < -0.39 is 0 Å². The van der Waals surface area contributed by atoms with E-state index in [4.69, 9.17) is 5.73 Å². The molecule has 1 N–H and O–H groups in total. The average molecular weight is 489 g/mol. The van der Waals surface area contributed by atoms with Gasteiger partial charge in [0.1, 0.15) is 0 Å². The van der Waals surface area contributed by atoms with E-state index in [0.29, 0.717) is 5.92 Å². The van der Waals surface area contributed by atoms with Gasteiger partial charge < -0.3 is 5.73 Å². The van der Waals surface area contributed by atoms with Crippen molar-refractivity contribution in [3.63, 3.8) is 0 Å².